The fourth-order valence-electron chi connectivity index (χ4n) is 4.64. The summed E-state index contributed by atoms with van der Waals surface area (Å²) in [5.41, 5.74) is 2.14. The van der Waals surface area contributed by atoms with Gasteiger partial charge < -0.3 is 19.4 Å². The quantitative estimate of drug-likeness (QED) is 0.348. The summed E-state index contributed by atoms with van der Waals surface area (Å²) in [6.07, 6.45) is 2.80. The van der Waals surface area contributed by atoms with Gasteiger partial charge in [-0.1, -0.05) is 41.9 Å². The number of aromatic nitrogens is 4. The largest absolute Gasteiger partial charge is 0.492 e. The van der Waals surface area contributed by atoms with Crippen LogP contribution in [-0.4, -0.2) is 69.4 Å². The number of nitrogens with one attached hydrogen (secondary N) is 1. The maximum absolute atomic E-state index is 9.54. The predicted molar refractivity (Wildman–Crippen MR) is 144 cm³/mol. The van der Waals surface area contributed by atoms with E-state index < -0.39 is 5.60 Å². The highest BCUT2D eigenvalue weighted by molar-refractivity contribution is 6.33. The van der Waals surface area contributed by atoms with Crippen LogP contribution in [0.15, 0.2) is 54.9 Å². The Balaban J connectivity index is 1.32. The zero-order valence-corrected chi connectivity index (χ0v) is 21.7. The summed E-state index contributed by atoms with van der Waals surface area (Å²) in [6, 6.07) is 18.0. The van der Waals surface area contributed by atoms with Gasteiger partial charge in [0, 0.05) is 51.1 Å². The van der Waals surface area contributed by atoms with Crippen molar-refractivity contribution in [2.24, 2.45) is 0 Å². The second-order valence-corrected chi connectivity index (χ2v) is 10.1. The molecule has 1 N–H and O–H groups in total. The van der Waals surface area contributed by atoms with Gasteiger partial charge in [-0.2, -0.15) is 10.2 Å². The molecule has 1 aliphatic carbocycles. The Morgan fingerprint density at radius 3 is 2.63 bits per heavy atom. The van der Waals surface area contributed by atoms with Crippen LogP contribution in [-0.2, 0) is 6.54 Å². The highest BCUT2D eigenvalue weighted by Crippen LogP contribution is 2.41. The lowest BCUT2D eigenvalue weighted by atomic mass is 10.2. The summed E-state index contributed by atoms with van der Waals surface area (Å²) in [6.45, 7) is 6.10. The van der Waals surface area contributed by atoms with E-state index in [2.05, 4.69) is 38.4 Å². The van der Waals surface area contributed by atoms with Gasteiger partial charge in [0.2, 0.25) is 5.88 Å². The van der Waals surface area contributed by atoms with E-state index in [1.807, 2.05) is 41.0 Å². The first kappa shape index (κ1) is 24.6. The number of nitriles is 1. The summed E-state index contributed by atoms with van der Waals surface area (Å²) >= 11 is 6.81. The summed E-state index contributed by atoms with van der Waals surface area (Å²) in [7, 11) is 0. The standard InChI is InChI=1S/C28H28ClN7O2/c29-23-16-21(37-15-14-35-12-10-31-11-13-35)6-7-22(23)25-34-24-26(36(25)17-20-4-2-1-3-5-20)32-19-33-27(24)38-28(18-30)8-9-28/h1-7,16,19,31H,8-15,17H2. The molecule has 38 heavy (non-hydrogen) atoms. The van der Waals surface area contributed by atoms with Gasteiger partial charge in [0.25, 0.3) is 0 Å². The molecule has 2 fully saturated rings. The first-order chi connectivity index (χ1) is 18.6. The molecule has 1 saturated carbocycles. The van der Waals surface area contributed by atoms with E-state index in [9.17, 15) is 5.26 Å². The van der Waals surface area contributed by atoms with E-state index in [-0.39, 0.29) is 0 Å². The van der Waals surface area contributed by atoms with Crippen molar-refractivity contribution < 1.29 is 9.47 Å². The topological polar surface area (TPSA) is 101 Å². The number of halogens is 1. The van der Waals surface area contributed by atoms with E-state index in [1.54, 1.807) is 0 Å². The third kappa shape index (κ3) is 5.16. The number of fused-ring (bicyclic) bond motifs is 1. The molecular weight excluding hydrogens is 502 g/mol. The highest BCUT2D eigenvalue weighted by Gasteiger charge is 2.47. The van der Waals surface area contributed by atoms with Crippen LogP contribution < -0.4 is 14.8 Å². The van der Waals surface area contributed by atoms with Crippen molar-refractivity contribution in [2.45, 2.75) is 25.0 Å². The smallest absolute Gasteiger partial charge is 0.247 e. The number of hydrogen-bond acceptors (Lipinski definition) is 8. The van der Waals surface area contributed by atoms with E-state index in [4.69, 9.17) is 26.1 Å². The summed E-state index contributed by atoms with van der Waals surface area (Å²) in [5.74, 6) is 1.67. The molecule has 0 amide bonds. The summed E-state index contributed by atoms with van der Waals surface area (Å²) < 4.78 is 14.0. The third-order valence-electron chi connectivity index (χ3n) is 6.95. The van der Waals surface area contributed by atoms with E-state index in [0.29, 0.717) is 59.6 Å². The lowest BCUT2D eigenvalue weighted by molar-refractivity contribution is 0.191. The minimum absolute atomic E-state index is 0.311. The van der Waals surface area contributed by atoms with Crippen LogP contribution in [0.4, 0.5) is 0 Å². The maximum Gasteiger partial charge on any atom is 0.247 e. The zero-order valence-electron chi connectivity index (χ0n) is 20.9. The van der Waals surface area contributed by atoms with Gasteiger partial charge in [-0.3, -0.25) is 4.90 Å². The maximum atomic E-state index is 9.54. The Hall–Kier alpha value is -3.71. The molecule has 9 nitrogen and oxygen atoms in total. The predicted octanol–water partition coefficient (Wildman–Crippen LogP) is 3.91. The first-order valence-corrected chi connectivity index (χ1v) is 13.2. The molecule has 2 aromatic carbocycles. The van der Waals surface area contributed by atoms with Gasteiger partial charge in [0.15, 0.2) is 16.8 Å². The van der Waals surface area contributed by atoms with Crippen LogP contribution in [0, 0.1) is 11.3 Å². The van der Waals surface area contributed by atoms with Crippen molar-refractivity contribution in [2.75, 3.05) is 39.3 Å². The molecule has 2 aliphatic rings. The van der Waals surface area contributed by atoms with Crippen LogP contribution >= 0.6 is 11.6 Å². The number of imidazole rings is 1. The lowest BCUT2D eigenvalue weighted by Gasteiger charge is -2.26. The Labute approximate surface area is 226 Å². The molecule has 2 aromatic heterocycles. The highest BCUT2D eigenvalue weighted by atomic mass is 35.5. The molecule has 1 saturated heterocycles. The second-order valence-electron chi connectivity index (χ2n) is 9.65. The molecule has 10 heteroatoms. The van der Waals surface area contributed by atoms with Crippen molar-refractivity contribution in [3.05, 3.63) is 65.4 Å². The van der Waals surface area contributed by atoms with Gasteiger partial charge in [0.05, 0.1) is 11.6 Å². The second kappa shape index (κ2) is 10.6. The average Bonchev–Trinajstić information content (AvgIpc) is 3.63. The Morgan fingerprint density at radius 2 is 1.89 bits per heavy atom. The Bertz CT molecular complexity index is 1470. The van der Waals surface area contributed by atoms with Crippen LogP contribution in [0.1, 0.15) is 18.4 Å². The molecule has 194 valence electrons. The fraction of sp³-hybridized carbons (Fsp3) is 0.357. The monoisotopic (exact) mass is 529 g/mol. The third-order valence-corrected chi connectivity index (χ3v) is 7.26. The van der Waals surface area contributed by atoms with Crippen molar-refractivity contribution in [1.29, 1.82) is 5.26 Å². The number of piperazine rings is 1. The van der Waals surface area contributed by atoms with Gasteiger partial charge in [-0.15, -0.1) is 0 Å². The number of ether oxygens (including phenoxy) is 2. The van der Waals surface area contributed by atoms with Crippen molar-refractivity contribution >= 4 is 22.8 Å². The van der Waals surface area contributed by atoms with Gasteiger partial charge >= 0.3 is 0 Å². The van der Waals surface area contributed by atoms with Crippen LogP contribution in [0.3, 0.4) is 0 Å². The molecule has 1 aliphatic heterocycles. The number of nitrogens with zero attached hydrogens (tertiary/aromatic N) is 6. The summed E-state index contributed by atoms with van der Waals surface area (Å²) in [4.78, 5) is 16.2. The lowest BCUT2D eigenvalue weighted by Crippen LogP contribution is -2.44. The fourth-order valence-corrected chi connectivity index (χ4v) is 4.90. The Kier molecular flexibility index (Phi) is 6.85. The van der Waals surface area contributed by atoms with E-state index in [0.717, 1.165) is 43.9 Å². The number of benzene rings is 2. The van der Waals surface area contributed by atoms with E-state index >= 15 is 0 Å². The van der Waals surface area contributed by atoms with E-state index in [1.165, 1.54) is 6.33 Å². The van der Waals surface area contributed by atoms with Gasteiger partial charge in [-0.25, -0.2) is 9.97 Å². The molecule has 0 spiro atoms. The minimum atomic E-state index is -0.827. The molecule has 6 rings (SSSR count). The molecule has 3 heterocycles. The zero-order chi connectivity index (χ0) is 26.0. The van der Waals surface area contributed by atoms with Crippen molar-refractivity contribution in [3.63, 3.8) is 0 Å². The summed E-state index contributed by atoms with van der Waals surface area (Å²) in [5, 5.41) is 13.4. The van der Waals surface area contributed by atoms with Crippen LogP contribution in [0.5, 0.6) is 11.6 Å². The van der Waals surface area contributed by atoms with Gasteiger partial charge in [-0.05, 0) is 23.8 Å². The molecule has 0 atom stereocenters. The van der Waals surface area contributed by atoms with Crippen molar-refractivity contribution in [1.82, 2.24) is 29.7 Å². The SMILES string of the molecule is N#CC1(Oc2ncnc3c2nc(-c2ccc(OCCN4CCNCC4)cc2Cl)n3Cc2ccccc2)CC1. The normalized spacial score (nSPS) is 16.7. The Morgan fingerprint density at radius 1 is 1.08 bits per heavy atom. The molecular formula is C28H28ClN7O2. The number of rotatable bonds is 9. The van der Waals surface area contributed by atoms with Crippen LogP contribution in [0.25, 0.3) is 22.6 Å². The molecule has 0 unspecified atom stereocenters. The van der Waals surface area contributed by atoms with Crippen molar-refractivity contribution in [3.8, 4) is 29.1 Å². The van der Waals surface area contributed by atoms with Crippen LogP contribution in [0.2, 0.25) is 5.02 Å². The average molecular weight is 530 g/mol. The number of hydrogen-bond donors (Lipinski definition) is 1. The minimum Gasteiger partial charge on any atom is -0.492 e. The molecule has 4 aromatic rings. The molecule has 0 radical (unpaired) electrons. The first-order valence-electron chi connectivity index (χ1n) is 12.9. The van der Waals surface area contributed by atoms with Gasteiger partial charge in [0.1, 0.15) is 30.6 Å². The molecule has 0 bridgehead atoms.